The molecule has 3 aliphatic rings. The molecule has 10 heteroatoms. The Labute approximate surface area is 165 Å². The molecule has 1 aromatic rings. The normalized spacial score (nSPS) is 28.4. The fourth-order valence-electron chi connectivity index (χ4n) is 4.85. The fourth-order valence-corrected chi connectivity index (χ4v) is 4.85. The molecule has 7 nitrogen and oxygen atoms in total. The van der Waals surface area contributed by atoms with Crippen molar-refractivity contribution in [3.8, 4) is 0 Å². The summed E-state index contributed by atoms with van der Waals surface area (Å²) in [5.74, 6) is -1.95. The van der Waals surface area contributed by atoms with Gasteiger partial charge in [0, 0.05) is 12.6 Å². The molecule has 0 N–H and O–H groups in total. The van der Waals surface area contributed by atoms with Crippen LogP contribution in [-0.4, -0.2) is 51.2 Å². The number of amides is 3. The monoisotopic (exact) mass is 412 g/mol. The number of nitrogens with zero attached hydrogens (tertiary/aromatic N) is 4. The number of halogens is 3. The van der Waals surface area contributed by atoms with Gasteiger partial charge in [0.1, 0.15) is 11.9 Å². The van der Waals surface area contributed by atoms with Crippen molar-refractivity contribution in [3.63, 3.8) is 0 Å². The number of carbonyl (C=O) groups excluding carboxylic acids is 3. The van der Waals surface area contributed by atoms with Crippen LogP contribution in [0.15, 0.2) is 6.07 Å². The van der Waals surface area contributed by atoms with Crippen LogP contribution in [0.5, 0.6) is 0 Å². The number of rotatable bonds is 2. The van der Waals surface area contributed by atoms with E-state index in [1.54, 1.807) is 6.92 Å². The van der Waals surface area contributed by atoms with Gasteiger partial charge in [-0.3, -0.25) is 24.2 Å². The Balaban J connectivity index is 1.61. The zero-order valence-electron chi connectivity index (χ0n) is 16.3. The number of hydrogen-bond acceptors (Lipinski definition) is 4. The first-order valence-corrected chi connectivity index (χ1v) is 9.92. The first-order valence-electron chi connectivity index (χ1n) is 9.92. The van der Waals surface area contributed by atoms with Crippen molar-refractivity contribution in [2.75, 3.05) is 11.4 Å². The third-order valence-corrected chi connectivity index (χ3v) is 6.30. The highest BCUT2D eigenvalue weighted by molar-refractivity contribution is 6.10. The maximum atomic E-state index is 13.4. The maximum absolute atomic E-state index is 13.4. The summed E-state index contributed by atoms with van der Waals surface area (Å²) in [6, 6.07) is -1.44. The van der Waals surface area contributed by atoms with Gasteiger partial charge in [0.05, 0.1) is 17.5 Å². The minimum atomic E-state index is -4.48. The Morgan fingerprint density at radius 2 is 1.72 bits per heavy atom. The largest absolute Gasteiger partial charge is 0.410 e. The number of likely N-dealkylation sites (tertiary alicyclic amines) is 1. The topological polar surface area (TPSA) is 75.5 Å². The lowest BCUT2D eigenvalue weighted by Crippen LogP contribution is -2.52. The highest BCUT2D eigenvalue weighted by Crippen LogP contribution is 2.41. The molecular formula is C19H23F3N4O3. The Morgan fingerprint density at radius 3 is 2.28 bits per heavy atom. The van der Waals surface area contributed by atoms with Gasteiger partial charge in [-0.15, -0.1) is 0 Å². The number of fused-ring (bicyclic) bond motifs is 2. The van der Waals surface area contributed by atoms with E-state index in [0.29, 0.717) is 18.5 Å². The molecule has 0 aromatic carbocycles. The van der Waals surface area contributed by atoms with Gasteiger partial charge in [-0.2, -0.15) is 18.3 Å². The van der Waals surface area contributed by atoms with Crippen LogP contribution in [0, 0.1) is 18.8 Å². The molecular weight excluding hydrogens is 389 g/mol. The predicted octanol–water partition coefficient (Wildman–Crippen LogP) is 2.60. The van der Waals surface area contributed by atoms with Crippen molar-refractivity contribution >= 4 is 23.5 Å². The van der Waals surface area contributed by atoms with Crippen LogP contribution in [-0.2, 0) is 14.4 Å². The predicted molar refractivity (Wildman–Crippen MR) is 95.8 cm³/mol. The summed E-state index contributed by atoms with van der Waals surface area (Å²) >= 11 is 0. The van der Waals surface area contributed by atoms with Crippen LogP contribution in [0.25, 0.3) is 0 Å². The fraction of sp³-hybridized carbons (Fsp3) is 0.684. The van der Waals surface area contributed by atoms with Crippen molar-refractivity contribution in [3.05, 3.63) is 11.8 Å². The van der Waals surface area contributed by atoms with Crippen molar-refractivity contribution < 1.29 is 27.6 Å². The molecule has 1 aromatic heterocycles. The number of imide groups is 1. The summed E-state index contributed by atoms with van der Waals surface area (Å²) in [4.78, 5) is 41.0. The van der Waals surface area contributed by atoms with Crippen molar-refractivity contribution in [1.29, 1.82) is 0 Å². The van der Waals surface area contributed by atoms with Crippen LogP contribution in [0.3, 0.4) is 0 Å². The van der Waals surface area contributed by atoms with Gasteiger partial charge in [-0.05, 0) is 33.1 Å². The number of aryl methyl sites for hydroxylation is 1. The van der Waals surface area contributed by atoms with Gasteiger partial charge in [0.15, 0.2) is 6.04 Å². The van der Waals surface area contributed by atoms with Crippen molar-refractivity contribution in [2.45, 2.75) is 64.2 Å². The highest BCUT2D eigenvalue weighted by atomic mass is 19.4. The molecule has 4 rings (SSSR count). The molecule has 1 saturated heterocycles. The molecule has 2 aliphatic heterocycles. The van der Waals surface area contributed by atoms with Crippen LogP contribution in [0.4, 0.5) is 19.0 Å². The third-order valence-electron chi connectivity index (χ3n) is 6.30. The quantitative estimate of drug-likeness (QED) is 0.700. The van der Waals surface area contributed by atoms with Gasteiger partial charge in [-0.25, -0.2) is 4.68 Å². The van der Waals surface area contributed by atoms with Crippen LogP contribution < -0.4 is 4.90 Å². The minimum absolute atomic E-state index is 0.0458. The van der Waals surface area contributed by atoms with Gasteiger partial charge >= 0.3 is 6.18 Å². The van der Waals surface area contributed by atoms with Gasteiger partial charge in [0.2, 0.25) is 11.8 Å². The maximum Gasteiger partial charge on any atom is 0.410 e. The molecule has 0 radical (unpaired) electrons. The molecule has 3 heterocycles. The lowest BCUT2D eigenvalue weighted by molar-refractivity contribution is -0.173. The van der Waals surface area contributed by atoms with E-state index in [1.165, 1.54) is 17.9 Å². The van der Waals surface area contributed by atoms with E-state index in [-0.39, 0.29) is 42.4 Å². The zero-order valence-corrected chi connectivity index (χ0v) is 16.3. The van der Waals surface area contributed by atoms with Gasteiger partial charge in [0.25, 0.3) is 5.91 Å². The molecule has 4 atom stereocenters. The summed E-state index contributed by atoms with van der Waals surface area (Å²) in [5.41, 5.74) is 0.362. The average molecular weight is 412 g/mol. The van der Waals surface area contributed by atoms with E-state index < -0.39 is 24.2 Å². The second-order valence-corrected chi connectivity index (χ2v) is 8.14. The summed E-state index contributed by atoms with van der Waals surface area (Å²) in [6.45, 7) is 2.88. The molecule has 29 heavy (non-hydrogen) atoms. The number of aromatic nitrogens is 2. The number of alkyl halides is 3. The van der Waals surface area contributed by atoms with Gasteiger partial charge in [-0.1, -0.05) is 12.8 Å². The second-order valence-electron chi connectivity index (χ2n) is 8.14. The average Bonchev–Trinajstić information content (AvgIpc) is 3.17. The number of anilines is 1. The smallest absolute Gasteiger partial charge is 0.295 e. The lowest BCUT2D eigenvalue weighted by atomic mass is 9.81. The van der Waals surface area contributed by atoms with E-state index in [0.717, 1.165) is 22.4 Å². The molecule has 2 fully saturated rings. The van der Waals surface area contributed by atoms with E-state index in [2.05, 4.69) is 5.10 Å². The molecule has 0 bridgehead atoms. The SMILES string of the molecule is Cc1cc2n(n1)[C@H](C(F)(F)F)CCN2C(=O)[C@@H](C)N1C(=O)[C@H]2CCCC[C@H]2C1=O. The second kappa shape index (κ2) is 6.84. The van der Waals surface area contributed by atoms with Crippen molar-refractivity contribution in [2.24, 2.45) is 11.8 Å². The summed E-state index contributed by atoms with van der Waals surface area (Å²) in [7, 11) is 0. The van der Waals surface area contributed by atoms with E-state index in [1.807, 2.05) is 0 Å². The molecule has 3 amide bonds. The first kappa shape index (κ1) is 19.9. The molecule has 1 saturated carbocycles. The Bertz CT molecular complexity index is 841. The van der Waals surface area contributed by atoms with Gasteiger partial charge < -0.3 is 0 Å². The Kier molecular flexibility index (Phi) is 4.70. The minimum Gasteiger partial charge on any atom is -0.295 e. The Morgan fingerprint density at radius 1 is 1.14 bits per heavy atom. The molecule has 1 aliphatic carbocycles. The zero-order chi connectivity index (χ0) is 21.1. The van der Waals surface area contributed by atoms with Crippen molar-refractivity contribution in [1.82, 2.24) is 14.7 Å². The van der Waals surface area contributed by atoms with E-state index >= 15 is 0 Å². The van der Waals surface area contributed by atoms with Crippen LogP contribution >= 0.6 is 0 Å². The Hall–Kier alpha value is -2.39. The van der Waals surface area contributed by atoms with E-state index in [4.69, 9.17) is 0 Å². The first-order chi connectivity index (χ1) is 13.6. The highest BCUT2D eigenvalue weighted by Gasteiger charge is 2.52. The van der Waals surface area contributed by atoms with E-state index in [9.17, 15) is 27.6 Å². The number of carbonyl (C=O) groups is 3. The lowest BCUT2D eigenvalue weighted by Gasteiger charge is -2.36. The van der Waals surface area contributed by atoms with Crippen LogP contribution in [0.1, 0.15) is 50.8 Å². The van der Waals surface area contributed by atoms with Crippen LogP contribution in [0.2, 0.25) is 0 Å². The summed E-state index contributed by atoms with van der Waals surface area (Å²) in [6.07, 6.45) is -1.79. The standard InChI is InChI=1S/C19H23F3N4O3/c1-10-9-15-24(8-7-14(19(20,21)22)26(15)23-10)16(27)11(2)25-17(28)12-5-3-4-6-13(12)18(25)29/h9,11-14H,3-8H2,1-2H3/t11-,12-,13+,14+/m1/s1. The summed E-state index contributed by atoms with van der Waals surface area (Å²) < 4.78 is 40.9. The molecule has 0 spiro atoms. The molecule has 158 valence electrons. The third kappa shape index (κ3) is 3.12. The molecule has 0 unspecified atom stereocenters. The summed E-state index contributed by atoms with van der Waals surface area (Å²) in [5, 5.41) is 3.93. The number of hydrogen-bond donors (Lipinski definition) is 0.